The van der Waals surface area contributed by atoms with E-state index in [1.807, 2.05) is 18.2 Å². The molecule has 2 aliphatic carbocycles. The van der Waals surface area contributed by atoms with E-state index in [-0.39, 0.29) is 17.9 Å². The average Bonchev–Trinajstić information content (AvgIpc) is 3.10. The molecule has 2 fully saturated rings. The van der Waals surface area contributed by atoms with E-state index < -0.39 is 0 Å². The fourth-order valence-electron chi connectivity index (χ4n) is 4.07. The predicted octanol–water partition coefficient (Wildman–Crippen LogP) is 3.92. The number of benzene rings is 1. The molecule has 2 atom stereocenters. The van der Waals surface area contributed by atoms with Crippen LogP contribution in [0.5, 0.6) is 0 Å². The monoisotopic (exact) mass is 432 g/mol. The lowest BCUT2D eigenvalue weighted by molar-refractivity contribution is -0.120. The maximum absolute atomic E-state index is 12.4. The standard InChI is InChI=1S/C21H28N4O2S2/c1-13(26)22-15-7-8-18-19(11-15)29-21(25-18)28-12-20(27)24-17-10-9-16(17)23-14-5-3-2-4-6-14/h7-8,11,14,16-17,23H,2-6,9-10,12H2,1H3,(H,22,26)(H,24,27)/t16-,17+/m1/s1. The molecular weight excluding hydrogens is 404 g/mol. The van der Waals surface area contributed by atoms with Crippen molar-refractivity contribution in [3.8, 4) is 0 Å². The van der Waals surface area contributed by atoms with Gasteiger partial charge in [-0.2, -0.15) is 0 Å². The Hall–Kier alpha value is -1.64. The normalized spacial score (nSPS) is 22.2. The molecule has 0 spiro atoms. The van der Waals surface area contributed by atoms with Crippen LogP contribution in [-0.4, -0.2) is 40.7 Å². The number of anilines is 1. The van der Waals surface area contributed by atoms with Gasteiger partial charge >= 0.3 is 0 Å². The Bertz CT molecular complexity index is 879. The number of nitrogens with zero attached hydrogens (tertiary/aromatic N) is 1. The number of aromatic nitrogens is 1. The molecule has 0 saturated heterocycles. The Kier molecular flexibility index (Phi) is 6.72. The zero-order chi connectivity index (χ0) is 20.2. The van der Waals surface area contributed by atoms with Gasteiger partial charge in [-0.25, -0.2) is 4.98 Å². The first-order valence-electron chi connectivity index (χ1n) is 10.4. The van der Waals surface area contributed by atoms with Gasteiger partial charge in [-0.3, -0.25) is 9.59 Å². The number of carbonyl (C=O) groups excluding carboxylic acids is 2. The second-order valence-corrected chi connectivity index (χ2v) is 10.2. The van der Waals surface area contributed by atoms with E-state index in [1.54, 1.807) is 11.3 Å². The highest BCUT2D eigenvalue weighted by atomic mass is 32.2. The molecule has 1 heterocycles. The maximum Gasteiger partial charge on any atom is 0.230 e. The number of thioether (sulfide) groups is 1. The summed E-state index contributed by atoms with van der Waals surface area (Å²) in [5.41, 5.74) is 1.66. The lowest BCUT2D eigenvalue weighted by Crippen LogP contribution is -2.59. The summed E-state index contributed by atoms with van der Waals surface area (Å²) in [5.74, 6) is 0.367. The Morgan fingerprint density at radius 3 is 2.66 bits per heavy atom. The van der Waals surface area contributed by atoms with Crippen LogP contribution in [0.4, 0.5) is 5.69 Å². The minimum Gasteiger partial charge on any atom is -0.351 e. The predicted molar refractivity (Wildman–Crippen MR) is 120 cm³/mol. The van der Waals surface area contributed by atoms with Gasteiger partial charge in [0.15, 0.2) is 4.34 Å². The molecule has 2 saturated carbocycles. The second kappa shape index (κ2) is 9.45. The van der Waals surface area contributed by atoms with Gasteiger partial charge in [0.2, 0.25) is 11.8 Å². The van der Waals surface area contributed by atoms with Gasteiger partial charge < -0.3 is 16.0 Å². The lowest BCUT2D eigenvalue weighted by atomic mass is 9.84. The quantitative estimate of drug-likeness (QED) is 0.578. The number of rotatable bonds is 7. The highest BCUT2D eigenvalue weighted by Gasteiger charge is 2.33. The summed E-state index contributed by atoms with van der Waals surface area (Å²) >= 11 is 3.03. The van der Waals surface area contributed by atoms with Crippen LogP contribution >= 0.6 is 23.1 Å². The summed E-state index contributed by atoms with van der Waals surface area (Å²) in [6.45, 7) is 1.49. The Balaban J connectivity index is 1.25. The molecule has 0 bridgehead atoms. The van der Waals surface area contributed by atoms with Crippen LogP contribution in [0, 0.1) is 0 Å². The van der Waals surface area contributed by atoms with Crippen LogP contribution in [-0.2, 0) is 9.59 Å². The summed E-state index contributed by atoms with van der Waals surface area (Å²) in [4.78, 5) is 28.2. The van der Waals surface area contributed by atoms with E-state index in [1.165, 1.54) is 50.8 Å². The number of hydrogen-bond donors (Lipinski definition) is 3. The summed E-state index contributed by atoms with van der Waals surface area (Å²) in [7, 11) is 0. The fraction of sp³-hybridized carbons (Fsp3) is 0.571. The number of carbonyl (C=O) groups is 2. The molecule has 29 heavy (non-hydrogen) atoms. The fourth-order valence-corrected chi connectivity index (χ4v) is 5.99. The van der Waals surface area contributed by atoms with E-state index in [2.05, 4.69) is 20.9 Å². The molecule has 8 heteroatoms. The molecular formula is C21H28N4O2S2. The van der Waals surface area contributed by atoms with Crippen molar-refractivity contribution in [1.29, 1.82) is 0 Å². The van der Waals surface area contributed by atoms with Gasteiger partial charge in [0.25, 0.3) is 0 Å². The van der Waals surface area contributed by atoms with Crippen LogP contribution in [0.1, 0.15) is 51.9 Å². The molecule has 3 N–H and O–H groups in total. The molecule has 156 valence electrons. The zero-order valence-electron chi connectivity index (χ0n) is 16.7. The molecule has 1 aromatic carbocycles. The first kappa shape index (κ1) is 20.6. The first-order valence-corrected chi connectivity index (χ1v) is 12.2. The van der Waals surface area contributed by atoms with Crippen LogP contribution in [0.25, 0.3) is 10.2 Å². The first-order chi connectivity index (χ1) is 14.1. The van der Waals surface area contributed by atoms with Crippen molar-refractivity contribution in [2.75, 3.05) is 11.1 Å². The minimum absolute atomic E-state index is 0.0772. The van der Waals surface area contributed by atoms with E-state index in [9.17, 15) is 9.59 Å². The number of fused-ring (bicyclic) bond motifs is 1. The van der Waals surface area contributed by atoms with Crippen LogP contribution in [0.3, 0.4) is 0 Å². The third kappa shape index (κ3) is 5.49. The molecule has 6 nitrogen and oxygen atoms in total. The summed E-state index contributed by atoms with van der Waals surface area (Å²) in [5, 5.41) is 9.74. The molecule has 0 aliphatic heterocycles. The summed E-state index contributed by atoms with van der Waals surface area (Å²) < 4.78 is 1.88. The Morgan fingerprint density at radius 2 is 1.93 bits per heavy atom. The molecule has 1 aromatic heterocycles. The smallest absolute Gasteiger partial charge is 0.230 e. The van der Waals surface area contributed by atoms with E-state index in [0.717, 1.165) is 33.1 Å². The van der Waals surface area contributed by atoms with Crippen molar-refractivity contribution in [2.24, 2.45) is 0 Å². The van der Waals surface area contributed by atoms with E-state index in [0.29, 0.717) is 17.8 Å². The molecule has 0 unspecified atom stereocenters. The maximum atomic E-state index is 12.4. The average molecular weight is 433 g/mol. The highest BCUT2D eigenvalue weighted by molar-refractivity contribution is 8.01. The number of amides is 2. The Labute approximate surface area is 179 Å². The third-order valence-corrected chi connectivity index (χ3v) is 7.85. The zero-order valence-corrected chi connectivity index (χ0v) is 18.3. The van der Waals surface area contributed by atoms with Gasteiger partial charge in [0.05, 0.1) is 16.0 Å². The van der Waals surface area contributed by atoms with Gasteiger partial charge in [-0.15, -0.1) is 11.3 Å². The molecule has 2 aliphatic rings. The number of nitrogens with one attached hydrogen (secondary N) is 3. The van der Waals surface area contributed by atoms with Crippen LogP contribution in [0.15, 0.2) is 22.5 Å². The van der Waals surface area contributed by atoms with Gasteiger partial charge in [-0.05, 0) is 43.9 Å². The SMILES string of the molecule is CC(=O)Nc1ccc2nc(SCC(=O)N[C@H]3CC[C@H]3NC3CCCCC3)sc2c1. The number of thiazole rings is 1. The molecule has 2 aromatic rings. The van der Waals surface area contributed by atoms with E-state index in [4.69, 9.17) is 0 Å². The molecule has 2 amide bonds. The third-order valence-electron chi connectivity index (χ3n) is 5.69. The summed E-state index contributed by atoms with van der Waals surface area (Å²) in [6.07, 6.45) is 8.78. The minimum atomic E-state index is -0.0904. The lowest BCUT2D eigenvalue weighted by Gasteiger charge is -2.41. The van der Waals surface area contributed by atoms with Crippen molar-refractivity contribution in [1.82, 2.24) is 15.6 Å². The largest absolute Gasteiger partial charge is 0.351 e. The molecule has 4 rings (SSSR count). The van der Waals surface area contributed by atoms with Crippen molar-refractivity contribution < 1.29 is 9.59 Å². The van der Waals surface area contributed by atoms with Crippen LogP contribution in [0.2, 0.25) is 0 Å². The number of hydrogen-bond acceptors (Lipinski definition) is 6. The topological polar surface area (TPSA) is 83.1 Å². The van der Waals surface area contributed by atoms with Gasteiger partial charge in [0, 0.05) is 30.7 Å². The van der Waals surface area contributed by atoms with Crippen LogP contribution < -0.4 is 16.0 Å². The highest BCUT2D eigenvalue weighted by Crippen LogP contribution is 2.31. The van der Waals surface area contributed by atoms with Crippen molar-refractivity contribution in [3.05, 3.63) is 18.2 Å². The van der Waals surface area contributed by atoms with Crippen molar-refractivity contribution in [2.45, 2.75) is 74.3 Å². The van der Waals surface area contributed by atoms with Gasteiger partial charge in [-0.1, -0.05) is 31.0 Å². The summed E-state index contributed by atoms with van der Waals surface area (Å²) in [6, 6.07) is 7.00. The van der Waals surface area contributed by atoms with Crippen molar-refractivity contribution in [3.63, 3.8) is 0 Å². The van der Waals surface area contributed by atoms with Crippen molar-refractivity contribution >= 4 is 50.8 Å². The van der Waals surface area contributed by atoms with E-state index >= 15 is 0 Å². The molecule has 0 radical (unpaired) electrons. The van der Waals surface area contributed by atoms with Gasteiger partial charge in [0.1, 0.15) is 0 Å². The second-order valence-electron chi connectivity index (χ2n) is 7.99. The Morgan fingerprint density at radius 1 is 1.14 bits per heavy atom.